The van der Waals surface area contributed by atoms with Crippen molar-refractivity contribution in [2.45, 2.75) is 57.7 Å². The molecule has 2 amide bonds. The summed E-state index contributed by atoms with van der Waals surface area (Å²) in [5, 5.41) is 13.7. The van der Waals surface area contributed by atoms with E-state index in [0.29, 0.717) is 5.56 Å². The number of carbonyl (C=O) groups is 2. The van der Waals surface area contributed by atoms with E-state index in [9.17, 15) is 23.3 Å². The molecule has 3 aromatic rings. The summed E-state index contributed by atoms with van der Waals surface area (Å²) in [5.41, 5.74) is 0.0732. The van der Waals surface area contributed by atoms with Gasteiger partial charge in [-0.1, -0.05) is 73.1 Å². The lowest BCUT2D eigenvalue weighted by atomic mass is 9.86. The summed E-state index contributed by atoms with van der Waals surface area (Å²) in [6.45, 7) is 6.00. The van der Waals surface area contributed by atoms with E-state index >= 15 is 0 Å². The van der Waals surface area contributed by atoms with Crippen molar-refractivity contribution < 1.29 is 18.0 Å². The van der Waals surface area contributed by atoms with Gasteiger partial charge in [-0.2, -0.15) is 10.4 Å². The van der Waals surface area contributed by atoms with Crippen molar-refractivity contribution in [1.82, 2.24) is 19.4 Å². The van der Waals surface area contributed by atoms with E-state index in [0.717, 1.165) is 21.9 Å². The Kier molecular flexibility index (Phi) is 9.35. The van der Waals surface area contributed by atoms with Crippen molar-refractivity contribution in [3.8, 4) is 6.07 Å². The number of amides is 2. The molecule has 39 heavy (non-hydrogen) atoms. The van der Waals surface area contributed by atoms with Crippen LogP contribution in [-0.2, 0) is 33.3 Å². The van der Waals surface area contributed by atoms with Crippen LogP contribution in [0.25, 0.3) is 0 Å². The van der Waals surface area contributed by atoms with Crippen LogP contribution in [0.15, 0.2) is 71.5 Å². The van der Waals surface area contributed by atoms with Crippen LogP contribution in [-0.4, -0.2) is 46.7 Å². The van der Waals surface area contributed by atoms with Crippen LogP contribution in [0.5, 0.6) is 0 Å². The van der Waals surface area contributed by atoms with Crippen molar-refractivity contribution in [1.29, 1.82) is 5.26 Å². The number of benzene rings is 2. The Labute approximate surface area is 238 Å². The predicted octanol–water partition coefficient (Wildman–Crippen LogP) is 4.40. The minimum Gasteiger partial charge on any atom is -0.318 e. The van der Waals surface area contributed by atoms with Gasteiger partial charge in [0.25, 0.3) is 11.8 Å². The van der Waals surface area contributed by atoms with Gasteiger partial charge in [0.2, 0.25) is 10.0 Å². The maximum atomic E-state index is 14.3. The summed E-state index contributed by atoms with van der Waals surface area (Å²) >= 11 is 3.59. The molecule has 0 aliphatic rings. The average molecular weight is 615 g/mol. The van der Waals surface area contributed by atoms with Crippen molar-refractivity contribution in [2.75, 3.05) is 6.26 Å². The van der Waals surface area contributed by atoms with Crippen LogP contribution < -0.4 is 4.72 Å². The third-order valence-corrected chi connectivity index (χ3v) is 7.52. The maximum Gasteiger partial charge on any atom is 0.261 e. The molecular formula is C28H32BrN5O4S. The molecule has 2 aromatic carbocycles. The van der Waals surface area contributed by atoms with Gasteiger partial charge in [0.15, 0.2) is 0 Å². The van der Waals surface area contributed by atoms with E-state index in [1.54, 1.807) is 24.4 Å². The number of sulfonamides is 1. The quantitative estimate of drug-likeness (QED) is 0.361. The van der Waals surface area contributed by atoms with Gasteiger partial charge in [-0.25, -0.2) is 8.42 Å². The predicted molar refractivity (Wildman–Crippen MR) is 152 cm³/mol. The molecule has 0 saturated carbocycles. The molecule has 0 aliphatic carbocycles. The number of nitrogens with zero attached hydrogens (tertiary/aromatic N) is 4. The zero-order valence-electron chi connectivity index (χ0n) is 22.4. The fourth-order valence-corrected chi connectivity index (χ4v) is 5.89. The van der Waals surface area contributed by atoms with E-state index in [2.05, 4.69) is 46.5 Å². The van der Waals surface area contributed by atoms with Crippen LogP contribution in [0, 0.1) is 11.3 Å². The van der Waals surface area contributed by atoms with E-state index < -0.39 is 27.4 Å². The molecule has 1 atom stereocenters. The van der Waals surface area contributed by atoms with Gasteiger partial charge >= 0.3 is 0 Å². The Bertz CT molecular complexity index is 1460. The van der Waals surface area contributed by atoms with E-state index in [1.807, 2.05) is 42.5 Å². The highest BCUT2D eigenvalue weighted by Gasteiger charge is 2.48. The van der Waals surface area contributed by atoms with Crippen LogP contribution >= 0.6 is 15.9 Å². The molecule has 1 N–H and O–H groups in total. The zero-order valence-corrected chi connectivity index (χ0v) is 24.8. The lowest BCUT2D eigenvalue weighted by molar-refractivity contribution is -0.132. The third-order valence-electron chi connectivity index (χ3n) is 6.30. The molecule has 3 rings (SSSR count). The molecule has 1 aromatic heterocycles. The summed E-state index contributed by atoms with van der Waals surface area (Å²) in [5.74, 6) is -1.40. The SMILES string of the molecule is CC(C)(C)c1ccc(C(=O)N(Cc2ccccc2)C(CCC#N)(Cn2cccn2)C(=O)NS(C)(=O)=O)cc1Br. The molecule has 0 aliphatic heterocycles. The number of halogens is 1. The Morgan fingerprint density at radius 2 is 1.82 bits per heavy atom. The van der Waals surface area contributed by atoms with E-state index in [4.69, 9.17) is 0 Å². The minimum atomic E-state index is -3.99. The van der Waals surface area contributed by atoms with Crippen LogP contribution in [0.1, 0.15) is 55.1 Å². The second kappa shape index (κ2) is 12.1. The van der Waals surface area contributed by atoms with Gasteiger partial charge in [-0.15, -0.1) is 0 Å². The molecule has 0 fully saturated rings. The monoisotopic (exact) mass is 613 g/mol. The minimum absolute atomic E-state index is 0.0117. The topological polar surface area (TPSA) is 125 Å². The molecule has 0 spiro atoms. The van der Waals surface area contributed by atoms with Crippen molar-refractivity contribution >= 4 is 37.8 Å². The molecule has 0 radical (unpaired) electrons. The van der Waals surface area contributed by atoms with Gasteiger partial charge in [0, 0.05) is 35.4 Å². The summed E-state index contributed by atoms with van der Waals surface area (Å²) in [4.78, 5) is 29.6. The number of hydrogen-bond donors (Lipinski definition) is 1. The Morgan fingerprint density at radius 1 is 1.13 bits per heavy atom. The van der Waals surface area contributed by atoms with Crippen molar-refractivity contribution in [3.05, 3.63) is 88.2 Å². The molecule has 1 unspecified atom stereocenters. The molecule has 11 heteroatoms. The first kappa shape index (κ1) is 30.1. The molecule has 0 bridgehead atoms. The Balaban J connectivity index is 2.25. The number of nitriles is 1. The first-order chi connectivity index (χ1) is 18.3. The van der Waals surface area contributed by atoms with Crippen LogP contribution in [0.2, 0.25) is 0 Å². The van der Waals surface area contributed by atoms with Gasteiger partial charge < -0.3 is 4.90 Å². The number of carbonyl (C=O) groups excluding carboxylic acids is 2. The highest BCUT2D eigenvalue weighted by Crippen LogP contribution is 2.33. The lowest BCUT2D eigenvalue weighted by Gasteiger charge is -2.42. The number of rotatable bonds is 10. The van der Waals surface area contributed by atoms with Crippen molar-refractivity contribution in [2.24, 2.45) is 0 Å². The normalized spacial score (nSPS) is 13.2. The van der Waals surface area contributed by atoms with Crippen LogP contribution in [0.4, 0.5) is 0 Å². The molecule has 206 valence electrons. The second-order valence-corrected chi connectivity index (χ2v) is 13.0. The number of hydrogen-bond acceptors (Lipinski definition) is 6. The maximum absolute atomic E-state index is 14.3. The third kappa shape index (κ3) is 7.55. The first-order valence-electron chi connectivity index (χ1n) is 12.3. The summed E-state index contributed by atoms with van der Waals surface area (Å²) < 4.78 is 28.7. The zero-order chi connectivity index (χ0) is 28.8. The number of nitrogens with one attached hydrogen (secondary N) is 1. The summed E-state index contributed by atoms with van der Waals surface area (Å²) in [6.07, 6.45) is 3.79. The molecule has 1 heterocycles. The fourth-order valence-electron chi connectivity index (χ4n) is 4.39. The van der Waals surface area contributed by atoms with Gasteiger partial charge in [0.1, 0.15) is 5.54 Å². The summed E-state index contributed by atoms with van der Waals surface area (Å²) in [6, 6.07) is 18.1. The highest BCUT2D eigenvalue weighted by molar-refractivity contribution is 9.10. The van der Waals surface area contributed by atoms with Crippen LogP contribution in [0.3, 0.4) is 0 Å². The summed E-state index contributed by atoms with van der Waals surface area (Å²) in [7, 11) is -3.99. The smallest absolute Gasteiger partial charge is 0.261 e. The largest absolute Gasteiger partial charge is 0.318 e. The Hall–Kier alpha value is -3.49. The highest BCUT2D eigenvalue weighted by atomic mass is 79.9. The molecule has 0 saturated heterocycles. The first-order valence-corrected chi connectivity index (χ1v) is 15.0. The fraction of sp³-hybridized carbons (Fsp3) is 0.357. The molecule has 9 nitrogen and oxygen atoms in total. The van der Waals surface area contributed by atoms with E-state index in [1.165, 1.54) is 15.8 Å². The number of aromatic nitrogens is 2. The van der Waals surface area contributed by atoms with E-state index in [-0.39, 0.29) is 31.3 Å². The lowest BCUT2D eigenvalue weighted by Crippen LogP contribution is -2.63. The average Bonchev–Trinajstić information content (AvgIpc) is 3.36. The van der Waals surface area contributed by atoms with Crippen molar-refractivity contribution in [3.63, 3.8) is 0 Å². The van der Waals surface area contributed by atoms with Gasteiger partial charge in [-0.3, -0.25) is 19.0 Å². The standard InChI is InChI=1S/C28H32BrN5O4S/c1-27(2,3)23-13-12-22(18-24(23)29)25(35)34(19-21-10-6-5-7-11-21)28(14-8-15-30,20-33-17-9-16-31-33)26(36)32-39(4,37)38/h5-7,9-13,16-18H,8,14,19-20H2,1-4H3,(H,32,36). The molecular weight excluding hydrogens is 582 g/mol. The Morgan fingerprint density at radius 3 is 2.36 bits per heavy atom. The van der Waals surface area contributed by atoms with Gasteiger partial charge in [-0.05, 0) is 41.2 Å². The van der Waals surface area contributed by atoms with Gasteiger partial charge in [0.05, 0.1) is 18.9 Å². The second-order valence-electron chi connectivity index (χ2n) is 10.4.